The van der Waals surface area contributed by atoms with Gasteiger partial charge < -0.3 is 15.0 Å². The van der Waals surface area contributed by atoms with Crippen molar-refractivity contribution in [3.05, 3.63) is 23.9 Å². The minimum absolute atomic E-state index is 0.0581. The van der Waals surface area contributed by atoms with Gasteiger partial charge in [0.2, 0.25) is 5.88 Å². The topological polar surface area (TPSA) is 54.5 Å². The van der Waals surface area contributed by atoms with E-state index in [2.05, 4.69) is 31.1 Å². The van der Waals surface area contributed by atoms with Gasteiger partial charge >= 0.3 is 6.09 Å². The van der Waals surface area contributed by atoms with Gasteiger partial charge in [0, 0.05) is 43.4 Å². The van der Waals surface area contributed by atoms with Crippen molar-refractivity contribution in [3.8, 4) is 5.88 Å². The van der Waals surface area contributed by atoms with Crippen LogP contribution in [0.25, 0.3) is 0 Å². The summed E-state index contributed by atoms with van der Waals surface area (Å²) in [5, 5.41) is 3.20. The van der Waals surface area contributed by atoms with Gasteiger partial charge in [0.05, 0.1) is 0 Å². The molecule has 0 bridgehead atoms. The van der Waals surface area contributed by atoms with Crippen LogP contribution in [-0.2, 0) is 5.41 Å². The van der Waals surface area contributed by atoms with Crippen molar-refractivity contribution in [2.24, 2.45) is 0 Å². The number of ether oxygens (including phenoxy) is 1. The monoisotopic (exact) mass is 263 g/mol. The lowest BCUT2D eigenvalue weighted by Crippen LogP contribution is -2.47. The fraction of sp³-hybridized carbons (Fsp3) is 0.571. The number of aromatic nitrogens is 1. The molecule has 19 heavy (non-hydrogen) atoms. The Balaban J connectivity index is 2.04. The minimum atomic E-state index is -0.319. The van der Waals surface area contributed by atoms with Crippen LogP contribution in [0.3, 0.4) is 0 Å². The Labute approximate surface area is 114 Å². The maximum Gasteiger partial charge on any atom is 0.416 e. The summed E-state index contributed by atoms with van der Waals surface area (Å²) in [5.41, 5.74) is 0.857. The van der Waals surface area contributed by atoms with Crippen LogP contribution in [0, 0.1) is 0 Å². The summed E-state index contributed by atoms with van der Waals surface area (Å²) in [6.07, 6.45) is -0.319. The zero-order valence-electron chi connectivity index (χ0n) is 11.8. The molecule has 0 radical (unpaired) electrons. The molecule has 0 atom stereocenters. The summed E-state index contributed by atoms with van der Waals surface area (Å²) < 4.78 is 5.34. The van der Waals surface area contributed by atoms with Gasteiger partial charge in [0.1, 0.15) is 0 Å². The average molecular weight is 263 g/mol. The van der Waals surface area contributed by atoms with Crippen molar-refractivity contribution in [1.82, 2.24) is 15.2 Å². The van der Waals surface area contributed by atoms with Gasteiger partial charge in [-0.25, -0.2) is 9.78 Å². The highest BCUT2D eigenvalue weighted by Gasteiger charge is 2.20. The molecule has 1 N–H and O–H groups in total. The molecule has 0 aromatic carbocycles. The van der Waals surface area contributed by atoms with Gasteiger partial charge in [0.15, 0.2) is 0 Å². The molecule has 5 nitrogen and oxygen atoms in total. The SMILES string of the molecule is CC(C)(C)c1cccc(OC(=O)N2CCNCC2)n1. The lowest BCUT2D eigenvalue weighted by Gasteiger charge is -2.26. The number of nitrogens with one attached hydrogen (secondary N) is 1. The number of carbonyl (C=O) groups excluding carboxylic acids is 1. The normalized spacial score (nSPS) is 16.3. The standard InChI is InChI=1S/C14H21N3O2/c1-14(2,3)11-5-4-6-12(16-11)19-13(18)17-9-7-15-8-10-17/h4-6,15H,7-10H2,1-3H3. The van der Waals surface area contributed by atoms with E-state index in [1.165, 1.54) is 0 Å². The van der Waals surface area contributed by atoms with Crippen LogP contribution < -0.4 is 10.1 Å². The van der Waals surface area contributed by atoms with Crippen molar-refractivity contribution in [1.29, 1.82) is 0 Å². The van der Waals surface area contributed by atoms with Crippen molar-refractivity contribution < 1.29 is 9.53 Å². The molecule has 1 saturated heterocycles. The van der Waals surface area contributed by atoms with Crippen LogP contribution in [0.5, 0.6) is 5.88 Å². The van der Waals surface area contributed by atoms with Crippen LogP contribution in [-0.4, -0.2) is 42.2 Å². The van der Waals surface area contributed by atoms with E-state index in [9.17, 15) is 4.79 Å². The van der Waals surface area contributed by atoms with E-state index in [0.29, 0.717) is 19.0 Å². The second-order valence-electron chi connectivity index (χ2n) is 5.72. The number of pyridine rings is 1. The molecule has 5 heteroatoms. The number of amides is 1. The van der Waals surface area contributed by atoms with Gasteiger partial charge in [-0.05, 0) is 6.07 Å². The van der Waals surface area contributed by atoms with E-state index in [1.54, 1.807) is 11.0 Å². The van der Waals surface area contributed by atoms with E-state index in [-0.39, 0.29) is 11.5 Å². The number of hydrogen-bond acceptors (Lipinski definition) is 4. The van der Waals surface area contributed by atoms with Gasteiger partial charge in [-0.3, -0.25) is 0 Å². The first-order chi connectivity index (χ1) is 8.97. The van der Waals surface area contributed by atoms with Crippen LogP contribution in [0.2, 0.25) is 0 Å². The van der Waals surface area contributed by atoms with Crippen molar-refractivity contribution in [2.75, 3.05) is 26.2 Å². The van der Waals surface area contributed by atoms with Crippen LogP contribution in [0.1, 0.15) is 26.5 Å². The maximum atomic E-state index is 12.0. The fourth-order valence-corrected chi connectivity index (χ4v) is 1.89. The van der Waals surface area contributed by atoms with E-state index in [0.717, 1.165) is 18.8 Å². The molecule has 104 valence electrons. The highest BCUT2D eigenvalue weighted by Crippen LogP contribution is 2.22. The summed E-state index contributed by atoms with van der Waals surface area (Å²) in [5.74, 6) is 0.371. The van der Waals surface area contributed by atoms with E-state index in [4.69, 9.17) is 4.74 Å². The third kappa shape index (κ3) is 3.67. The van der Waals surface area contributed by atoms with Gasteiger partial charge in [-0.15, -0.1) is 0 Å². The first kappa shape index (κ1) is 13.8. The third-order valence-corrected chi connectivity index (χ3v) is 3.06. The van der Waals surface area contributed by atoms with Crippen molar-refractivity contribution >= 4 is 6.09 Å². The highest BCUT2D eigenvalue weighted by atomic mass is 16.6. The van der Waals surface area contributed by atoms with Crippen molar-refractivity contribution in [2.45, 2.75) is 26.2 Å². The Kier molecular flexibility index (Phi) is 4.04. The van der Waals surface area contributed by atoms with Crippen LogP contribution in [0.4, 0.5) is 4.79 Å². The molecule has 0 aliphatic carbocycles. The molecule has 1 aliphatic heterocycles. The quantitative estimate of drug-likeness (QED) is 0.839. The molecule has 0 spiro atoms. The molecule has 2 rings (SSSR count). The predicted molar refractivity (Wildman–Crippen MR) is 73.4 cm³/mol. The predicted octanol–water partition coefficient (Wildman–Crippen LogP) is 1.78. The molecule has 1 aromatic rings. The fourth-order valence-electron chi connectivity index (χ4n) is 1.89. The molecule has 1 aliphatic rings. The molecule has 1 aromatic heterocycles. The van der Waals surface area contributed by atoms with E-state index < -0.39 is 0 Å². The Hall–Kier alpha value is -1.62. The second-order valence-corrected chi connectivity index (χ2v) is 5.72. The maximum absolute atomic E-state index is 12.0. The van der Waals surface area contributed by atoms with Gasteiger partial charge in [-0.2, -0.15) is 0 Å². The molecule has 0 unspecified atom stereocenters. The Morgan fingerprint density at radius 2 is 2.00 bits per heavy atom. The summed E-state index contributed by atoms with van der Waals surface area (Å²) in [6, 6.07) is 5.53. The summed E-state index contributed by atoms with van der Waals surface area (Å²) in [7, 11) is 0. The Morgan fingerprint density at radius 1 is 1.32 bits per heavy atom. The van der Waals surface area contributed by atoms with Crippen molar-refractivity contribution in [3.63, 3.8) is 0 Å². The molecule has 1 fully saturated rings. The number of carbonyl (C=O) groups is 1. The summed E-state index contributed by atoms with van der Waals surface area (Å²) in [4.78, 5) is 18.1. The minimum Gasteiger partial charge on any atom is -0.391 e. The number of rotatable bonds is 1. The molecule has 2 heterocycles. The summed E-state index contributed by atoms with van der Waals surface area (Å²) in [6.45, 7) is 9.22. The van der Waals surface area contributed by atoms with Gasteiger partial charge in [0.25, 0.3) is 0 Å². The molecule has 1 amide bonds. The van der Waals surface area contributed by atoms with E-state index in [1.807, 2.05) is 12.1 Å². The second kappa shape index (κ2) is 5.57. The zero-order chi connectivity index (χ0) is 13.9. The number of piperazine rings is 1. The first-order valence-corrected chi connectivity index (χ1v) is 6.62. The van der Waals surface area contributed by atoms with Crippen LogP contribution >= 0.6 is 0 Å². The highest BCUT2D eigenvalue weighted by molar-refractivity contribution is 5.70. The molecular weight excluding hydrogens is 242 g/mol. The zero-order valence-corrected chi connectivity index (χ0v) is 11.8. The first-order valence-electron chi connectivity index (χ1n) is 6.62. The average Bonchev–Trinajstić information content (AvgIpc) is 2.39. The Bertz CT molecular complexity index is 448. The van der Waals surface area contributed by atoms with Gasteiger partial charge in [-0.1, -0.05) is 26.8 Å². The largest absolute Gasteiger partial charge is 0.416 e. The molecule has 0 saturated carbocycles. The Morgan fingerprint density at radius 3 is 2.63 bits per heavy atom. The number of nitrogens with zero attached hydrogens (tertiary/aromatic N) is 2. The number of hydrogen-bond donors (Lipinski definition) is 1. The van der Waals surface area contributed by atoms with Crippen LogP contribution in [0.15, 0.2) is 18.2 Å². The smallest absolute Gasteiger partial charge is 0.391 e. The molecular formula is C14H21N3O2. The lowest BCUT2D eigenvalue weighted by atomic mass is 9.92. The third-order valence-electron chi connectivity index (χ3n) is 3.06. The lowest BCUT2D eigenvalue weighted by molar-refractivity contribution is 0.144. The van der Waals surface area contributed by atoms with E-state index >= 15 is 0 Å². The summed E-state index contributed by atoms with van der Waals surface area (Å²) >= 11 is 0.